The third kappa shape index (κ3) is 3.64. The van der Waals surface area contributed by atoms with Crippen molar-refractivity contribution in [2.75, 3.05) is 6.61 Å². The SMILES string of the molecule is Cc1cc(C(=O)N[C@@H](C)CO)c(C)n1-c1cccc(C(C)C)c1. The van der Waals surface area contributed by atoms with Crippen LogP contribution in [-0.4, -0.2) is 28.2 Å². The van der Waals surface area contributed by atoms with Gasteiger partial charge in [-0.05, 0) is 50.5 Å². The van der Waals surface area contributed by atoms with Gasteiger partial charge in [0, 0.05) is 23.1 Å². The van der Waals surface area contributed by atoms with E-state index < -0.39 is 0 Å². The van der Waals surface area contributed by atoms with Crippen molar-refractivity contribution < 1.29 is 9.90 Å². The number of nitrogens with zero attached hydrogens (tertiary/aromatic N) is 1. The van der Waals surface area contributed by atoms with E-state index in [1.807, 2.05) is 19.9 Å². The summed E-state index contributed by atoms with van der Waals surface area (Å²) in [5, 5.41) is 11.9. The largest absolute Gasteiger partial charge is 0.394 e. The Bertz CT molecular complexity index is 701. The minimum absolute atomic E-state index is 0.0685. The maximum atomic E-state index is 12.4. The predicted molar refractivity (Wildman–Crippen MR) is 93.3 cm³/mol. The lowest BCUT2D eigenvalue weighted by molar-refractivity contribution is 0.0921. The van der Waals surface area contributed by atoms with Gasteiger partial charge in [-0.2, -0.15) is 0 Å². The average Bonchev–Trinajstić information content (AvgIpc) is 2.82. The molecule has 0 aliphatic rings. The maximum absolute atomic E-state index is 12.4. The number of aliphatic hydroxyl groups excluding tert-OH is 1. The van der Waals surface area contributed by atoms with Crippen LogP contribution in [0, 0.1) is 13.8 Å². The van der Waals surface area contributed by atoms with Gasteiger partial charge in [0.05, 0.1) is 12.2 Å². The molecule has 2 rings (SSSR count). The van der Waals surface area contributed by atoms with Crippen molar-refractivity contribution in [3.63, 3.8) is 0 Å². The molecule has 23 heavy (non-hydrogen) atoms. The lowest BCUT2D eigenvalue weighted by Gasteiger charge is -2.14. The smallest absolute Gasteiger partial charge is 0.253 e. The highest BCUT2D eigenvalue weighted by Crippen LogP contribution is 2.24. The minimum atomic E-state index is -0.255. The van der Waals surface area contributed by atoms with Crippen LogP contribution in [0.1, 0.15) is 54.0 Å². The van der Waals surface area contributed by atoms with E-state index in [1.165, 1.54) is 5.56 Å². The van der Waals surface area contributed by atoms with E-state index in [9.17, 15) is 4.79 Å². The highest BCUT2D eigenvalue weighted by Gasteiger charge is 2.18. The van der Waals surface area contributed by atoms with Crippen molar-refractivity contribution in [1.29, 1.82) is 0 Å². The van der Waals surface area contributed by atoms with E-state index in [2.05, 4.69) is 48.0 Å². The molecule has 0 spiro atoms. The van der Waals surface area contributed by atoms with Crippen LogP contribution in [0.25, 0.3) is 5.69 Å². The summed E-state index contributed by atoms with van der Waals surface area (Å²) in [6.07, 6.45) is 0. The van der Waals surface area contributed by atoms with Gasteiger partial charge in [0.1, 0.15) is 0 Å². The summed E-state index contributed by atoms with van der Waals surface area (Å²) in [6, 6.07) is 10.1. The number of carbonyl (C=O) groups is 1. The summed E-state index contributed by atoms with van der Waals surface area (Å²) < 4.78 is 2.10. The number of carbonyl (C=O) groups excluding carboxylic acids is 1. The Morgan fingerprint density at radius 3 is 2.52 bits per heavy atom. The molecular weight excluding hydrogens is 288 g/mol. The number of nitrogens with one attached hydrogen (secondary N) is 1. The Labute approximate surface area is 138 Å². The third-order valence-electron chi connectivity index (χ3n) is 4.12. The van der Waals surface area contributed by atoms with Crippen LogP contribution in [0.2, 0.25) is 0 Å². The fraction of sp³-hybridized carbons (Fsp3) is 0.421. The van der Waals surface area contributed by atoms with Crippen molar-refractivity contribution >= 4 is 5.91 Å². The first-order chi connectivity index (χ1) is 10.8. The standard InChI is InChI=1S/C19H26N2O2/c1-12(2)16-7-6-8-17(10-16)21-14(4)9-18(15(21)5)19(23)20-13(3)11-22/h6-10,12-13,22H,11H2,1-5H3,(H,20,23)/t13-/m0/s1. The van der Waals surface area contributed by atoms with Gasteiger partial charge in [-0.3, -0.25) is 4.79 Å². The number of aliphatic hydroxyl groups is 1. The lowest BCUT2D eigenvalue weighted by Crippen LogP contribution is -2.35. The Balaban J connectivity index is 2.42. The van der Waals surface area contributed by atoms with E-state index in [0.717, 1.165) is 17.1 Å². The van der Waals surface area contributed by atoms with Gasteiger partial charge < -0.3 is 15.0 Å². The molecule has 0 aliphatic heterocycles. The number of hydrogen-bond donors (Lipinski definition) is 2. The molecule has 1 aromatic carbocycles. The van der Waals surface area contributed by atoms with Crippen molar-refractivity contribution in [3.8, 4) is 5.69 Å². The normalized spacial score (nSPS) is 12.5. The van der Waals surface area contributed by atoms with Gasteiger partial charge in [-0.1, -0.05) is 26.0 Å². The summed E-state index contributed by atoms with van der Waals surface area (Å²) in [6.45, 7) is 10.0. The van der Waals surface area contributed by atoms with Crippen LogP contribution < -0.4 is 5.32 Å². The molecule has 0 radical (unpaired) electrons. The molecule has 1 aromatic heterocycles. The topological polar surface area (TPSA) is 54.3 Å². The number of rotatable bonds is 5. The van der Waals surface area contributed by atoms with Crippen LogP contribution in [0.3, 0.4) is 0 Å². The van der Waals surface area contributed by atoms with E-state index in [1.54, 1.807) is 6.92 Å². The minimum Gasteiger partial charge on any atom is -0.394 e. The number of benzene rings is 1. The average molecular weight is 314 g/mol. The van der Waals surface area contributed by atoms with Crippen LogP contribution in [0.4, 0.5) is 0 Å². The molecule has 124 valence electrons. The molecule has 2 aromatic rings. The van der Waals surface area contributed by atoms with Gasteiger partial charge in [0.25, 0.3) is 5.91 Å². The summed E-state index contributed by atoms with van der Waals surface area (Å²) >= 11 is 0. The Kier molecular flexibility index (Phi) is 5.26. The summed E-state index contributed by atoms with van der Waals surface area (Å²) in [5.74, 6) is 0.310. The molecule has 1 heterocycles. The molecule has 0 bridgehead atoms. The second-order valence-electron chi connectivity index (χ2n) is 6.43. The van der Waals surface area contributed by atoms with Gasteiger partial charge in [0.2, 0.25) is 0 Å². The van der Waals surface area contributed by atoms with Gasteiger partial charge in [0.15, 0.2) is 0 Å². The first kappa shape index (κ1) is 17.3. The Morgan fingerprint density at radius 2 is 1.91 bits per heavy atom. The first-order valence-corrected chi connectivity index (χ1v) is 8.06. The van der Waals surface area contributed by atoms with Crippen LogP contribution in [0.5, 0.6) is 0 Å². The zero-order chi connectivity index (χ0) is 17.1. The summed E-state index contributed by atoms with van der Waals surface area (Å²) in [7, 11) is 0. The molecule has 0 unspecified atom stereocenters. The molecule has 0 saturated heterocycles. The van der Waals surface area contributed by atoms with Crippen LogP contribution >= 0.6 is 0 Å². The third-order valence-corrected chi connectivity index (χ3v) is 4.12. The Hall–Kier alpha value is -2.07. The van der Waals surface area contributed by atoms with Crippen LogP contribution in [0.15, 0.2) is 30.3 Å². The summed E-state index contributed by atoms with van der Waals surface area (Å²) in [5.41, 5.74) is 4.92. The zero-order valence-corrected chi connectivity index (χ0v) is 14.6. The molecule has 1 atom stereocenters. The molecule has 0 fully saturated rings. The molecule has 1 amide bonds. The number of aromatic nitrogens is 1. The lowest BCUT2D eigenvalue weighted by atomic mass is 10.0. The van der Waals surface area contributed by atoms with Gasteiger partial charge in [-0.15, -0.1) is 0 Å². The van der Waals surface area contributed by atoms with E-state index in [-0.39, 0.29) is 18.6 Å². The predicted octanol–water partition coefficient (Wildman–Crippen LogP) is 3.33. The van der Waals surface area contributed by atoms with Crippen molar-refractivity contribution in [2.45, 2.75) is 46.6 Å². The second kappa shape index (κ2) is 7.01. The van der Waals surface area contributed by atoms with Crippen LogP contribution in [-0.2, 0) is 0 Å². The molecular formula is C19H26N2O2. The Morgan fingerprint density at radius 1 is 1.22 bits per heavy atom. The number of aryl methyl sites for hydroxylation is 1. The zero-order valence-electron chi connectivity index (χ0n) is 14.6. The quantitative estimate of drug-likeness (QED) is 0.889. The van der Waals surface area contributed by atoms with Crippen molar-refractivity contribution in [3.05, 3.63) is 52.8 Å². The van der Waals surface area contributed by atoms with Crippen molar-refractivity contribution in [1.82, 2.24) is 9.88 Å². The molecule has 4 nitrogen and oxygen atoms in total. The first-order valence-electron chi connectivity index (χ1n) is 8.06. The molecule has 2 N–H and O–H groups in total. The highest BCUT2D eigenvalue weighted by molar-refractivity contribution is 5.96. The maximum Gasteiger partial charge on any atom is 0.253 e. The molecule has 0 aliphatic carbocycles. The van der Waals surface area contributed by atoms with E-state index in [0.29, 0.717) is 11.5 Å². The van der Waals surface area contributed by atoms with Gasteiger partial charge in [-0.25, -0.2) is 0 Å². The monoisotopic (exact) mass is 314 g/mol. The molecule has 4 heteroatoms. The number of hydrogen-bond acceptors (Lipinski definition) is 2. The van der Waals surface area contributed by atoms with E-state index >= 15 is 0 Å². The van der Waals surface area contributed by atoms with Crippen molar-refractivity contribution in [2.24, 2.45) is 0 Å². The number of amides is 1. The van der Waals surface area contributed by atoms with E-state index in [4.69, 9.17) is 5.11 Å². The fourth-order valence-electron chi connectivity index (χ4n) is 2.76. The highest BCUT2D eigenvalue weighted by atomic mass is 16.3. The van der Waals surface area contributed by atoms with Gasteiger partial charge >= 0.3 is 0 Å². The molecule has 0 saturated carbocycles. The summed E-state index contributed by atoms with van der Waals surface area (Å²) in [4.78, 5) is 12.4. The fourth-order valence-corrected chi connectivity index (χ4v) is 2.76. The second-order valence-corrected chi connectivity index (χ2v) is 6.43.